The van der Waals surface area contributed by atoms with Crippen molar-refractivity contribution in [1.29, 1.82) is 0 Å². The van der Waals surface area contributed by atoms with Crippen molar-refractivity contribution in [3.63, 3.8) is 0 Å². The van der Waals surface area contributed by atoms with Crippen molar-refractivity contribution in [1.82, 2.24) is 10.1 Å². The van der Waals surface area contributed by atoms with E-state index in [0.717, 1.165) is 18.4 Å². The van der Waals surface area contributed by atoms with Crippen molar-refractivity contribution in [2.45, 2.75) is 24.7 Å². The Bertz CT molecular complexity index is 608. The smallest absolute Gasteiger partial charge is 0.234 e. The van der Waals surface area contributed by atoms with Gasteiger partial charge in [0.15, 0.2) is 5.82 Å². The number of nitrogens with zero attached hydrogens (tertiary/aromatic N) is 2. The van der Waals surface area contributed by atoms with E-state index in [0.29, 0.717) is 34.7 Å². The predicted octanol–water partition coefficient (Wildman–Crippen LogP) is 2.96. The lowest BCUT2D eigenvalue weighted by Gasteiger charge is -2.03. The molecule has 1 fully saturated rings. The van der Waals surface area contributed by atoms with E-state index in [1.54, 1.807) is 12.1 Å². The number of nitrogens with two attached hydrogens (primary N) is 1. The molecule has 1 aromatic carbocycles. The summed E-state index contributed by atoms with van der Waals surface area (Å²) in [6, 6.07) is 5.38. The Morgan fingerprint density at radius 1 is 1.32 bits per heavy atom. The maximum atomic E-state index is 6.13. The molecule has 0 saturated heterocycles. The van der Waals surface area contributed by atoms with Crippen LogP contribution >= 0.6 is 23.2 Å². The third-order valence-electron chi connectivity index (χ3n) is 3.53. The van der Waals surface area contributed by atoms with Crippen molar-refractivity contribution in [2.75, 3.05) is 6.54 Å². The predicted molar refractivity (Wildman–Crippen MR) is 73.5 cm³/mol. The van der Waals surface area contributed by atoms with Gasteiger partial charge in [-0.05, 0) is 30.5 Å². The number of aromatic nitrogens is 2. The lowest BCUT2D eigenvalue weighted by Crippen LogP contribution is -2.20. The van der Waals surface area contributed by atoms with Crippen LogP contribution in [0.3, 0.4) is 0 Å². The van der Waals surface area contributed by atoms with Crippen LogP contribution in [0.25, 0.3) is 0 Å². The molecule has 0 bridgehead atoms. The zero-order chi connectivity index (χ0) is 13.5. The Morgan fingerprint density at radius 3 is 2.74 bits per heavy atom. The second-order valence-electron chi connectivity index (χ2n) is 4.91. The van der Waals surface area contributed by atoms with Crippen LogP contribution < -0.4 is 5.73 Å². The maximum Gasteiger partial charge on any atom is 0.234 e. The Kier molecular flexibility index (Phi) is 3.25. The molecule has 3 rings (SSSR count). The fraction of sp³-hybridized carbons (Fsp3) is 0.385. The van der Waals surface area contributed by atoms with E-state index < -0.39 is 0 Å². The molecular formula is C13H13Cl2N3O. The minimum Gasteiger partial charge on any atom is -0.339 e. The fourth-order valence-electron chi connectivity index (χ4n) is 2.03. The standard InChI is InChI=1S/C13H13Cl2N3O/c14-9-2-1-8(10(15)6-9)5-11-17-12(19-18-11)13(7-16)3-4-13/h1-2,6H,3-5,7,16H2. The Balaban J connectivity index is 1.80. The van der Waals surface area contributed by atoms with Crippen molar-refractivity contribution in [3.05, 3.63) is 45.5 Å². The molecule has 2 aromatic rings. The number of hydrogen-bond acceptors (Lipinski definition) is 4. The summed E-state index contributed by atoms with van der Waals surface area (Å²) in [6.45, 7) is 0.552. The van der Waals surface area contributed by atoms with Crippen LogP contribution in [0.1, 0.15) is 30.1 Å². The maximum absolute atomic E-state index is 6.13. The quantitative estimate of drug-likeness (QED) is 0.942. The number of halogens is 2. The van der Waals surface area contributed by atoms with Gasteiger partial charge in [0.2, 0.25) is 5.89 Å². The molecule has 4 nitrogen and oxygen atoms in total. The summed E-state index contributed by atoms with van der Waals surface area (Å²) in [5.74, 6) is 1.27. The van der Waals surface area contributed by atoms with Crippen LogP contribution in [0.2, 0.25) is 10.0 Å². The Morgan fingerprint density at radius 2 is 2.11 bits per heavy atom. The molecule has 0 amide bonds. The first-order chi connectivity index (χ1) is 9.13. The molecule has 100 valence electrons. The molecule has 1 aliphatic rings. The minimum atomic E-state index is -0.0744. The highest BCUT2D eigenvalue weighted by Crippen LogP contribution is 2.46. The average molecular weight is 298 g/mol. The molecule has 1 aromatic heterocycles. The first kappa shape index (κ1) is 12.9. The lowest BCUT2D eigenvalue weighted by molar-refractivity contribution is 0.344. The first-order valence-electron chi connectivity index (χ1n) is 6.10. The van der Waals surface area contributed by atoms with Crippen molar-refractivity contribution >= 4 is 23.2 Å². The second kappa shape index (κ2) is 4.78. The van der Waals surface area contributed by atoms with E-state index >= 15 is 0 Å². The van der Waals surface area contributed by atoms with Gasteiger partial charge in [0.25, 0.3) is 0 Å². The van der Waals surface area contributed by atoms with E-state index in [9.17, 15) is 0 Å². The van der Waals surface area contributed by atoms with Gasteiger partial charge in [0.05, 0.1) is 5.41 Å². The normalized spacial score (nSPS) is 16.6. The van der Waals surface area contributed by atoms with Gasteiger partial charge in [-0.1, -0.05) is 34.4 Å². The van der Waals surface area contributed by atoms with Gasteiger partial charge in [-0.25, -0.2) is 0 Å². The summed E-state index contributed by atoms with van der Waals surface area (Å²) >= 11 is 12.0. The van der Waals surface area contributed by atoms with Gasteiger partial charge in [-0.3, -0.25) is 0 Å². The first-order valence-corrected chi connectivity index (χ1v) is 6.86. The average Bonchev–Trinajstić information content (AvgIpc) is 3.06. The molecule has 2 N–H and O–H groups in total. The second-order valence-corrected chi connectivity index (χ2v) is 5.76. The van der Waals surface area contributed by atoms with Crippen LogP contribution in [0.15, 0.2) is 22.7 Å². The van der Waals surface area contributed by atoms with Gasteiger partial charge < -0.3 is 10.3 Å². The van der Waals surface area contributed by atoms with Crippen molar-refractivity contribution in [3.8, 4) is 0 Å². The molecule has 0 unspecified atom stereocenters. The Hall–Kier alpha value is -1.10. The van der Waals surface area contributed by atoms with Crippen LogP contribution in [-0.2, 0) is 11.8 Å². The molecule has 1 saturated carbocycles. The summed E-state index contributed by atoms with van der Waals surface area (Å²) in [7, 11) is 0. The molecule has 0 radical (unpaired) electrons. The molecule has 0 spiro atoms. The summed E-state index contributed by atoms with van der Waals surface area (Å²) in [4.78, 5) is 4.42. The molecule has 0 atom stereocenters. The monoisotopic (exact) mass is 297 g/mol. The Labute approximate surface area is 120 Å². The largest absolute Gasteiger partial charge is 0.339 e. The molecule has 1 aliphatic carbocycles. The molecule has 1 heterocycles. The van der Waals surface area contributed by atoms with E-state index in [4.69, 9.17) is 33.5 Å². The number of benzene rings is 1. The summed E-state index contributed by atoms with van der Waals surface area (Å²) < 4.78 is 5.31. The van der Waals surface area contributed by atoms with Crippen LogP contribution in [-0.4, -0.2) is 16.7 Å². The van der Waals surface area contributed by atoms with Crippen LogP contribution in [0, 0.1) is 0 Å². The summed E-state index contributed by atoms with van der Waals surface area (Å²) in [5.41, 5.74) is 6.59. The molecule has 0 aliphatic heterocycles. The summed E-state index contributed by atoms with van der Waals surface area (Å²) in [5, 5.41) is 5.22. The SMILES string of the molecule is NCC1(c2nc(Cc3ccc(Cl)cc3Cl)no2)CC1. The minimum absolute atomic E-state index is 0.0744. The van der Waals surface area contributed by atoms with Crippen LogP contribution in [0.4, 0.5) is 0 Å². The van der Waals surface area contributed by atoms with Gasteiger partial charge in [-0.2, -0.15) is 4.98 Å². The van der Waals surface area contributed by atoms with Crippen molar-refractivity contribution < 1.29 is 4.52 Å². The summed E-state index contributed by atoms with van der Waals surface area (Å²) in [6.07, 6.45) is 2.57. The number of rotatable bonds is 4. The van der Waals surface area contributed by atoms with Gasteiger partial charge in [0.1, 0.15) is 0 Å². The van der Waals surface area contributed by atoms with Crippen LogP contribution in [0.5, 0.6) is 0 Å². The zero-order valence-electron chi connectivity index (χ0n) is 10.2. The van der Waals surface area contributed by atoms with E-state index in [2.05, 4.69) is 10.1 Å². The highest BCUT2D eigenvalue weighted by Gasteiger charge is 2.48. The molecule has 19 heavy (non-hydrogen) atoms. The van der Waals surface area contributed by atoms with Gasteiger partial charge in [-0.15, -0.1) is 0 Å². The zero-order valence-corrected chi connectivity index (χ0v) is 11.7. The third-order valence-corrected chi connectivity index (χ3v) is 4.12. The molecule has 6 heteroatoms. The van der Waals surface area contributed by atoms with Gasteiger partial charge in [0, 0.05) is 23.0 Å². The van der Waals surface area contributed by atoms with Gasteiger partial charge >= 0.3 is 0 Å². The van der Waals surface area contributed by atoms with Crippen molar-refractivity contribution in [2.24, 2.45) is 5.73 Å². The highest BCUT2D eigenvalue weighted by atomic mass is 35.5. The van der Waals surface area contributed by atoms with E-state index in [1.165, 1.54) is 0 Å². The third kappa shape index (κ3) is 2.48. The number of hydrogen-bond donors (Lipinski definition) is 1. The topological polar surface area (TPSA) is 64.9 Å². The fourth-order valence-corrected chi connectivity index (χ4v) is 2.51. The van der Waals surface area contributed by atoms with E-state index in [-0.39, 0.29) is 5.41 Å². The molecular weight excluding hydrogens is 285 g/mol. The van der Waals surface area contributed by atoms with E-state index in [1.807, 2.05) is 6.07 Å². The highest BCUT2D eigenvalue weighted by molar-refractivity contribution is 6.35. The lowest BCUT2D eigenvalue weighted by atomic mass is 10.1.